The number of carbonyl (C=O) groups is 1. The average Bonchev–Trinajstić information content (AvgIpc) is 3.24. The van der Waals surface area contributed by atoms with Crippen LogP contribution in [0.2, 0.25) is 0 Å². The number of carboxylic acid groups (broad SMARTS) is 1. The van der Waals surface area contributed by atoms with Gasteiger partial charge in [0.25, 0.3) is 0 Å². The molecule has 4 nitrogen and oxygen atoms in total. The third kappa shape index (κ3) is 6.74. The van der Waals surface area contributed by atoms with Gasteiger partial charge in [-0.15, -0.1) is 0 Å². The predicted molar refractivity (Wildman–Crippen MR) is 144 cm³/mol. The smallest absolute Gasteiger partial charge is 0.321 e. The number of nitrogens with zero attached hydrogens (tertiary/aromatic N) is 2. The summed E-state index contributed by atoms with van der Waals surface area (Å²) in [6, 6.07) is 18.6. The van der Waals surface area contributed by atoms with Crippen LogP contribution in [0, 0.1) is 18.8 Å². The third-order valence-electron chi connectivity index (χ3n) is 8.40. The second kappa shape index (κ2) is 11.9. The van der Waals surface area contributed by atoms with Gasteiger partial charge in [-0.25, -0.2) is 4.39 Å². The summed E-state index contributed by atoms with van der Waals surface area (Å²) in [5.74, 6) is -0.0345. The largest absolute Gasteiger partial charge is 0.480 e. The summed E-state index contributed by atoms with van der Waals surface area (Å²) in [5, 5.41) is 9.92. The molecule has 0 aliphatic carbocycles. The second-order valence-electron chi connectivity index (χ2n) is 11.6. The molecule has 36 heavy (non-hydrogen) atoms. The summed E-state index contributed by atoms with van der Waals surface area (Å²) < 4.78 is 15.6. The maximum Gasteiger partial charge on any atom is 0.321 e. The molecule has 0 aromatic heterocycles. The van der Waals surface area contributed by atoms with E-state index in [0.717, 1.165) is 45.6 Å². The zero-order chi connectivity index (χ0) is 25.7. The molecule has 1 N–H and O–H groups in total. The van der Waals surface area contributed by atoms with E-state index in [-0.39, 0.29) is 5.92 Å². The quantitative estimate of drug-likeness (QED) is 0.444. The van der Waals surface area contributed by atoms with Gasteiger partial charge in [0, 0.05) is 38.6 Å². The Labute approximate surface area is 216 Å². The number of aryl methyl sites for hydroxylation is 2. The molecule has 2 aromatic rings. The fourth-order valence-corrected chi connectivity index (χ4v) is 6.43. The van der Waals surface area contributed by atoms with E-state index < -0.39 is 17.7 Å². The van der Waals surface area contributed by atoms with Gasteiger partial charge in [0.15, 0.2) is 0 Å². The van der Waals surface area contributed by atoms with Crippen molar-refractivity contribution in [2.45, 2.75) is 70.5 Å². The van der Waals surface area contributed by atoms with Crippen LogP contribution in [0.3, 0.4) is 0 Å². The Bertz CT molecular complexity index is 987. The fraction of sp³-hybridized carbons (Fsp3) is 0.581. The SMILES string of the molecule is Cc1cccc(C2CN(C(C(=O)O)C(C)C)CC2CN2CCC(F)(CCCc3ccccc3)CC2)c1. The monoisotopic (exact) mass is 494 g/mol. The van der Waals surface area contributed by atoms with Gasteiger partial charge in [-0.2, -0.15) is 0 Å². The summed E-state index contributed by atoms with van der Waals surface area (Å²) in [4.78, 5) is 16.7. The van der Waals surface area contributed by atoms with E-state index in [1.54, 1.807) is 0 Å². The first-order chi connectivity index (χ1) is 17.2. The molecule has 0 bridgehead atoms. The Balaban J connectivity index is 1.37. The molecular weight excluding hydrogens is 451 g/mol. The summed E-state index contributed by atoms with van der Waals surface area (Å²) >= 11 is 0. The molecule has 2 aliphatic rings. The van der Waals surface area contributed by atoms with Crippen LogP contribution < -0.4 is 0 Å². The van der Waals surface area contributed by atoms with Gasteiger partial charge in [-0.1, -0.05) is 74.0 Å². The van der Waals surface area contributed by atoms with Crippen molar-refractivity contribution in [1.29, 1.82) is 0 Å². The second-order valence-corrected chi connectivity index (χ2v) is 11.6. The van der Waals surface area contributed by atoms with Crippen LogP contribution in [-0.2, 0) is 11.2 Å². The lowest BCUT2D eigenvalue weighted by Gasteiger charge is -2.38. The van der Waals surface area contributed by atoms with Crippen molar-refractivity contribution < 1.29 is 14.3 Å². The number of aliphatic carboxylic acids is 1. The fourth-order valence-electron chi connectivity index (χ4n) is 6.43. The normalized spacial score (nSPS) is 23.7. The molecule has 2 fully saturated rings. The number of piperidine rings is 1. The number of carboxylic acids is 1. The zero-order valence-electron chi connectivity index (χ0n) is 22.2. The minimum Gasteiger partial charge on any atom is -0.480 e. The number of benzene rings is 2. The van der Waals surface area contributed by atoms with Gasteiger partial charge in [-0.05, 0) is 62.0 Å². The standard InChI is InChI=1S/C31H43FN2O2/c1-23(2)29(30(35)36)34-21-27(28(22-34)26-13-7-9-24(3)19-26)20-33-17-15-31(32,16-18-33)14-8-12-25-10-5-4-6-11-25/h4-7,9-11,13,19,23,27-29H,8,12,14-18,20-22H2,1-3H3,(H,35,36). The number of rotatable bonds is 10. The first kappa shape index (κ1) is 26.8. The van der Waals surface area contributed by atoms with Gasteiger partial charge in [0.05, 0.1) is 0 Å². The molecule has 2 aromatic carbocycles. The number of hydrogen-bond donors (Lipinski definition) is 1. The van der Waals surface area contributed by atoms with Gasteiger partial charge >= 0.3 is 5.97 Å². The van der Waals surface area contributed by atoms with Crippen molar-refractivity contribution in [2.24, 2.45) is 11.8 Å². The molecule has 4 rings (SSSR count). The Hall–Kier alpha value is -2.24. The van der Waals surface area contributed by atoms with E-state index in [2.05, 4.69) is 53.1 Å². The first-order valence-corrected chi connectivity index (χ1v) is 13.7. The van der Waals surface area contributed by atoms with E-state index in [1.165, 1.54) is 16.7 Å². The van der Waals surface area contributed by atoms with Crippen LogP contribution in [0.15, 0.2) is 54.6 Å². The molecule has 5 heteroatoms. The molecule has 0 radical (unpaired) electrons. The molecule has 3 atom stereocenters. The van der Waals surface area contributed by atoms with Crippen LogP contribution in [0.4, 0.5) is 4.39 Å². The Morgan fingerprint density at radius 1 is 1.08 bits per heavy atom. The van der Waals surface area contributed by atoms with Crippen LogP contribution in [0.25, 0.3) is 0 Å². The molecule has 0 spiro atoms. The zero-order valence-corrected chi connectivity index (χ0v) is 22.2. The van der Waals surface area contributed by atoms with Gasteiger partial charge in [0.2, 0.25) is 0 Å². The van der Waals surface area contributed by atoms with Crippen molar-refractivity contribution in [3.05, 3.63) is 71.3 Å². The summed E-state index contributed by atoms with van der Waals surface area (Å²) in [6.45, 7) is 10.1. The highest BCUT2D eigenvalue weighted by Crippen LogP contribution is 2.38. The predicted octanol–water partition coefficient (Wildman–Crippen LogP) is 5.95. The van der Waals surface area contributed by atoms with Crippen molar-refractivity contribution >= 4 is 5.97 Å². The molecule has 2 aliphatic heterocycles. The summed E-state index contributed by atoms with van der Waals surface area (Å²) in [5.41, 5.74) is 2.76. The van der Waals surface area contributed by atoms with Crippen molar-refractivity contribution in [2.75, 3.05) is 32.7 Å². The molecule has 2 saturated heterocycles. The van der Waals surface area contributed by atoms with Gasteiger partial charge in [0.1, 0.15) is 11.7 Å². The number of halogens is 1. The minimum atomic E-state index is -1.06. The maximum atomic E-state index is 15.6. The first-order valence-electron chi connectivity index (χ1n) is 13.7. The maximum absolute atomic E-state index is 15.6. The molecular formula is C31H43FN2O2. The van der Waals surface area contributed by atoms with Crippen molar-refractivity contribution in [1.82, 2.24) is 9.80 Å². The Morgan fingerprint density at radius 3 is 2.44 bits per heavy atom. The topological polar surface area (TPSA) is 43.8 Å². The molecule has 0 amide bonds. The Kier molecular flexibility index (Phi) is 8.84. The van der Waals surface area contributed by atoms with Crippen LogP contribution in [0.5, 0.6) is 0 Å². The lowest BCUT2D eigenvalue weighted by atomic mass is 9.85. The Morgan fingerprint density at radius 2 is 1.81 bits per heavy atom. The highest BCUT2D eigenvalue weighted by molar-refractivity contribution is 5.73. The number of likely N-dealkylation sites (tertiary alicyclic amines) is 2. The van der Waals surface area contributed by atoms with E-state index in [4.69, 9.17) is 0 Å². The van der Waals surface area contributed by atoms with Gasteiger partial charge < -0.3 is 10.0 Å². The molecule has 3 unspecified atom stereocenters. The van der Waals surface area contributed by atoms with Crippen LogP contribution in [-0.4, -0.2) is 65.3 Å². The van der Waals surface area contributed by atoms with Crippen molar-refractivity contribution in [3.63, 3.8) is 0 Å². The van der Waals surface area contributed by atoms with Crippen molar-refractivity contribution in [3.8, 4) is 0 Å². The molecule has 2 heterocycles. The molecule has 196 valence electrons. The van der Waals surface area contributed by atoms with Crippen LogP contribution >= 0.6 is 0 Å². The van der Waals surface area contributed by atoms with E-state index in [1.807, 2.05) is 32.0 Å². The van der Waals surface area contributed by atoms with E-state index in [0.29, 0.717) is 31.1 Å². The van der Waals surface area contributed by atoms with E-state index >= 15 is 4.39 Å². The van der Waals surface area contributed by atoms with Crippen LogP contribution in [0.1, 0.15) is 62.1 Å². The summed E-state index contributed by atoms with van der Waals surface area (Å²) in [7, 11) is 0. The lowest BCUT2D eigenvalue weighted by Crippen LogP contribution is -2.45. The number of hydrogen-bond acceptors (Lipinski definition) is 3. The highest BCUT2D eigenvalue weighted by atomic mass is 19.1. The van der Waals surface area contributed by atoms with E-state index in [9.17, 15) is 9.90 Å². The number of alkyl halides is 1. The third-order valence-corrected chi connectivity index (χ3v) is 8.40. The molecule has 0 saturated carbocycles. The average molecular weight is 495 g/mol. The lowest BCUT2D eigenvalue weighted by molar-refractivity contribution is -0.144. The minimum absolute atomic E-state index is 0.0532. The highest BCUT2D eigenvalue weighted by Gasteiger charge is 2.42. The summed E-state index contributed by atoms with van der Waals surface area (Å²) in [6.07, 6.45) is 3.65. The van der Waals surface area contributed by atoms with Gasteiger partial charge in [-0.3, -0.25) is 9.69 Å².